The lowest BCUT2D eigenvalue weighted by Gasteiger charge is -2.14. The first-order valence-corrected chi connectivity index (χ1v) is 10.1. The molecule has 2 aromatic carbocycles. The lowest BCUT2D eigenvalue weighted by molar-refractivity contribution is -0.116. The molecule has 0 saturated heterocycles. The van der Waals surface area contributed by atoms with Gasteiger partial charge in [0.05, 0.1) is 5.52 Å². The van der Waals surface area contributed by atoms with E-state index in [0.717, 1.165) is 44.8 Å². The summed E-state index contributed by atoms with van der Waals surface area (Å²) in [6.45, 7) is 8.32. The summed E-state index contributed by atoms with van der Waals surface area (Å²) in [5.74, 6) is 0.374. The first kappa shape index (κ1) is 19.1. The summed E-state index contributed by atoms with van der Waals surface area (Å²) in [4.78, 5) is 17.4. The SMILES string of the molecule is Cc1nc2c3ccccc3nn2c(C)c1CCC(=O)Nc1ccccc1C(C)C. The molecule has 148 valence electrons. The van der Waals surface area contributed by atoms with Crippen LogP contribution >= 0.6 is 0 Å². The molecule has 0 aliphatic heterocycles. The molecule has 4 aromatic rings. The number of aryl methyl sites for hydroxylation is 2. The number of fused-ring (bicyclic) bond motifs is 3. The number of amides is 1. The lowest BCUT2D eigenvalue weighted by Crippen LogP contribution is -2.15. The minimum absolute atomic E-state index is 0.0163. The maximum atomic E-state index is 12.6. The van der Waals surface area contributed by atoms with Gasteiger partial charge in [0.25, 0.3) is 0 Å². The van der Waals surface area contributed by atoms with Crippen LogP contribution in [0.25, 0.3) is 16.6 Å². The van der Waals surface area contributed by atoms with Gasteiger partial charge in [0.1, 0.15) is 0 Å². The van der Waals surface area contributed by atoms with Crippen molar-refractivity contribution in [3.63, 3.8) is 0 Å². The van der Waals surface area contributed by atoms with Gasteiger partial charge in [-0.05, 0) is 55.5 Å². The topological polar surface area (TPSA) is 59.3 Å². The fraction of sp³-hybridized carbons (Fsp3) is 0.292. The first-order chi connectivity index (χ1) is 14.0. The summed E-state index contributed by atoms with van der Waals surface area (Å²) in [7, 11) is 0. The van der Waals surface area contributed by atoms with Crippen LogP contribution in [0.3, 0.4) is 0 Å². The second-order valence-corrected chi connectivity index (χ2v) is 7.80. The van der Waals surface area contributed by atoms with Crippen molar-refractivity contribution in [3.05, 3.63) is 71.0 Å². The van der Waals surface area contributed by atoms with Crippen LogP contribution in [0.5, 0.6) is 0 Å². The van der Waals surface area contributed by atoms with Crippen molar-refractivity contribution in [2.75, 3.05) is 5.32 Å². The lowest BCUT2D eigenvalue weighted by atomic mass is 10.0. The van der Waals surface area contributed by atoms with E-state index in [-0.39, 0.29) is 5.91 Å². The summed E-state index contributed by atoms with van der Waals surface area (Å²) in [6, 6.07) is 16.0. The number of nitrogens with one attached hydrogen (secondary N) is 1. The number of carbonyl (C=O) groups is 1. The molecule has 0 radical (unpaired) electrons. The summed E-state index contributed by atoms with van der Waals surface area (Å²) in [5, 5.41) is 8.82. The third kappa shape index (κ3) is 3.60. The number of carbonyl (C=O) groups excluding carboxylic acids is 1. The zero-order chi connectivity index (χ0) is 20.5. The number of hydrogen-bond acceptors (Lipinski definition) is 3. The summed E-state index contributed by atoms with van der Waals surface area (Å²) < 4.78 is 1.90. The molecule has 29 heavy (non-hydrogen) atoms. The molecule has 0 saturated carbocycles. The van der Waals surface area contributed by atoms with Crippen molar-refractivity contribution in [2.24, 2.45) is 0 Å². The summed E-state index contributed by atoms with van der Waals surface area (Å²) in [6.07, 6.45) is 1.04. The highest BCUT2D eigenvalue weighted by Crippen LogP contribution is 2.25. The van der Waals surface area contributed by atoms with Gasteiger partial charge in [0.2, 0.25) is 5.91 Å². The van der Waals surface area contributed by atoms with Gasteiger partial charge in [0, 0.05) is 28.9 Å². The number of anilines is 1. The first-order valence-electron chi connectivity index (χ1n) is 10.1. The van der Waals surface area contributed by atoms with Gasteiger partial charge in [-0.2, -0.15) is 5.10 Å². The molecule has 0 unspecified atom stereocenters. The fourth-order valence-electron chi connectivity index (χ4n) is 3.90. The molecular formula is C24H26N4O. The zero-order valence-corrected chi connectivity index (χ0v) is 17.4. The van der Waals surface area contributed by atoms with E-state index >= 15 is 0 Å². The molecule has 0 spiro atoms. The highest BCUT2D eigenvalue weighted by molar-refractivity contribution is 5.93. The molecule has 0 atom stereocenters. The van der Waals surface area contributed by atoms with Crippen LogP contribution in [-0.2, 0) is 11.2 Å². The molecule has 1 N–H and O–H groups in total. The Balaban J connectivity index is 1.57. The Morgan fingerprint density at radius 3 is 2.59 bits per heavy atom. The average Bonchev–Trinajstić information content (AvgIpc) is 3.07. The van der Waals surface area contributed by atoms with E-state index in [2.05, 4.69) is 32.2 Å². The predicted molar refractivity (Wildman–Crippen MR) is 117 cm³/mol. The molecule has 0 aliphatic rings. The van der Waals surface area contributed by atoms with Gasteiger partial charge < -0.3 is 5.32 Å². The van der Waals surface area contributed by atoms with E-state index in [4.69, 9.17) is 10.1 Å². The fourth-order valence-corrected chi connectivity index (χ4v) is 3.90. The predicted octanol–water partition coefficient (Wildman–Crippen LogP) is 5.19. The van der Waals surface area contributed by atoms with Gasteiger partial charge >= 0.3 is 0 Å². The van der Waals surface area contributed by atoms with Gasteiger partial charge in [-0.3, -0.25) is 4.79 Å². The highest BCUT2D eigenvalue weighted by atomic mass is 16.1. The number of para-hydroxylation sites is 1. The van der Waals surface area contributed by atoms with Crippen LogP contribution in [0.4, 0.5) is 5.69 Å². The molecule has 5 heteroatoms. The molecular weight excluding hydrogens is 360 g/mol. The van der Waals surface area contributed by atoms with Crippen molar-refractivity contribution in [2.45, 2.75) is 46.5 Å². The minimum Gasteiger partial charge on any atom is -0.326 e. The van der Waals surface area contributed by atoms with Crippen LogP contribution in [0, 0.1) is 13.8 Å². The van der Waals surface area contributed by atoms with Gasteiger partial charge in [-0.25, -0.2) is 9.50 Å². The monoisotopic (exact) mass is 386 g/mol. The Morgan fingerprint density at radius 2 is 1.79 bits per heavy atom. The number of benzene rings is 2. The van der Waals surface area contributed by atoms with E-state index in [1.54, 1.807) is 0 Å². The van der Waals surface area contributed by atoms with E-state index in [1.165, 1.54) is 0 Å². The smallest absolute Gasteiger partial charge is 0.224 e. The van der Waals surface area contributed by atoms with Crippen LogP contribution in [0.15, 0.2) is 48.5 Å². The molecule has 2 aromatic heterocycles. The van der Waals surface area contributed by atoms with Crippen molar-refractivity contribution >= 4 is 28.1 Å². The Labute approximate surface area is 170 Å². The highest BCUT2D eigenvalue weighted by Gasteiger charge is 2.15. The number of hydrogen-bond donors (Lipinski definition) is 1. The summed E-state index contributed by atoms with van der Waals surface area (Å²) >= 11 is 0. The number of nitrogens with zero attached hydrogens (tertiary/aromatic N) is 3. The van der Waals surface area contributed by atoms with E-state index in [0.29, 0.717) is 18.8 Å². The van der Waals surface area contributed by atoms with E-state index in [1.807, 2.05) is 53.9 Å². The maximum Gasteiger partial charge on any atom is 0.224 e. The van der Waals surface area contributed by atoms with Crippen LogP contribution in [0.1, 0.15) is 48.7 Å². The second kappa shape index (κ2) is 7.66. The van der Waals surface area contributed by atoms with E-state index < -0.39 is 0 Å². The Kier molecular flexibility index (Phi) is 5.05. The average molecular weight is 386 g/mol. The van der Waals surface area contributed by atoms with Gasteiger partial charge in [0.15, 0.2) is 5.65 Å². The standard InChI is InChI=1S/C24H26N4O/c1-15(2)18-9-5-7-11-21(18)26-23(29)14-13-19-16(3)25-24-20-10-6-8-12-22(20)27-28(24)17(19)4/h5-12,15H,13-14H2,1-4H3,(H,26,29). The molecule has 1 amide bonds. The third-order valence-electron chi connectivity index (χ3n) is 5.48. The van der Waals surface area contributed by atoms with Crippen molar-refractivity contribution < 1.29 is 4.79 Å². The van der Waals surface area contributed by atoms with Gasteiger partial charge in [-0.1, -0.05) is 44.2 Å². The van der Waals surface area contributed by atoms with Crippen molar-refractivity contribution in [1.82, 2.24) is 14.6 Å². The Bertz CT molecular complexity index is 1210. The molecule has 4 rings (SSSR count). The largest absolute Gasteiger partial charge is 0.326 e. The van der Waals surface area contributed by atoms with E-state index in [9.17, 15) is 4.79 Å². The minimum atomic E-state index is 0.0163. The van der Waals surface area contributed by atoms with Crippen LogP contribution < -0.4 is 5.32 Å². The summed E-state index contributed by atoms with van der Waals surface area (Å²) in [5.41, 5.74) is 6.93. The number of aromatic nitrogens is 3. The second-order valence-electron chi connectivity index (χ2n) is 7.80. The number of rotatable bonds is 5. The van der Waals surface area contributed by atoms with Crippen LogP contribution in [-0.4, -0.2) is 20.5 Å². The molecule has 0 fully saturated rings. The normalized spacial score (nSPS) is 11.5. The zero-order valence-electron chi connectivity index (χ0n) is 17.4. The molecule has 5 nitrogen and oxygen atoms in total. The molecule has 0 bridgehead atoms. The van der Waals surface area contributed by atoms with Crippen molar-refractivity contribution in [3.8, 4) is 0 Å². The molecule has 0 aliphatic carbocycles. The van der Waals surface area contributed by atoms with Crippen molar-refractivity contribution in [1.29, 1.82) is 0 Å². The van der Waals surface area contributed by atoms with Crippen LogP contribution in [0.2, 0.25) is 0 Å². The maximum absolute atomic E-state index is 12.6. The van der Waals surface area contributed by atoms with Gasteiger partial charge in [-0.15, -0.1) is 0 Å². The quantitative estimate of drug-likeness (QED) is 0.513. The Morgan fingerprint density at radius 1 is 1.07 bits per heavy atom. The third-order valence-corrected chi connectivity index (χ3v) is 5.48. The Hall–Kier alpha value is -3.21. The molecule has 2 heterocycles.